The molecule has 3 rings (SSSR count). The standard InChI is InChI=1S/C17H21N3O5/c1-10-8-19(9-12(10)16(22)23)15(21)11-3-4-14(25-2)13(7-11)20-6-5-18-17(20)24/h3-4,7,10,12H,5-6,8-9H2,1-2H3,(H,18,24)(H,22,23)/t10-,12-/m1/s1. The summed E-state index contributed by atoms with van der Waals surface area (Å²) < 4.78 is 5.31. The van der Waals surface area contributed by atoms with Crippen molar-refractivity contribution in [2.45, 2.75) is 6.92 Å². The summed E-state index contributed by atoms with van der Waals surface area (Å²) in [6, 6.07) is 4.69. The van der Waals surface area contributed by atoms with Crippen molar-refractivity contribution in [1.82, 2.24) is 10.2 Å². The van der Waals surface area contributed by atoms with E-state index in [1.165, 1.54) is 12.0 Å². The zero-order chi connectivity index (χ0) is 18.1. The molecule has 0 aromatic heterocycles. The van der Waals surface area contributed by atoms with Gasteiger partial charge in [0, 0.05) is 31.7 Å². The number of ether oxygens (including phenoxy) is 1. The van der Waals surface area contributed by atoms with Gasteiger partial charge in [0.15, 0.2) is 0 Å². The molecule has 0 saturated carbocycles. The van der Waals surface area contributed by atoms with Crippen LogP contribution in [0.5, 0.6) is 5.75 Å². The second-order valence-corrected chi connectivity index (χ2v) is 6.40. The number of urea groups is 1. The smallest absolute Gasteiger partial charge is 0.322 e. The van der Waals surface area contributed by atoms with Gasteiger partial charge in [-0.1, -0.05) is 6.92 Å². The normalized spacial score (nSPS) is 22.9. The molecule has 0 radical (unpaired) electrons. The average Bonchev–Trinajstić information content (AvgIpc) is 3.19. The summed E-state index contributed by atoms with van der Waals surface area (Å²) in [5.74, 6) is -1.26. The molecule has 2 saturated heterocycles. The van der Waals surface area contributed by atoms with E-state index in [9.17, 15) is 19.5 Å². The molecular formula is C17H21N3O5. The minimum absolute atomic E-state index is 0.0940. The second kappa shape index (κ2) is 6.62. The predicted molar refractivity (Wildman–Crippen MR) is 89.9 cm³/mol. The maximum Gasteiger partial charge on any atom is 0.322 e. The number of carboxylic acid groups (broad SMARTS) is 1. The van der Waals surface area contributed by atoms with E-state index in [2.05, 4.69) is 5.32 Å². The summed E-state index contributed by atoms with van der Waals surface area (Å²) in [7, 11) is 1.51. The van der Waals surface area contributed by atoms with Crippen molar-refractivity contribution in [2.24, 2.45) is 11.8 Å². The first-order chi connectivity index (χ1) is 11.9. The van der Waals surface area contributed by atoms with E-state index in [4.69, 9.17) is 4.74 Å². The molecule has 2 aliphatic heterocycles. The van der Waals surface area contributed by atoms with Crippen LogP contribution in [0.25, 0.3) is 0 Å². The highest BCUT2D eigenvalue weighted by molar-refractivity contribution is 6.00. The molecule has 0 unspecified atom stereocenters. The summed E-state index contributed by atoms with van der Waals surface area (Å²) in [4.78, 5) is 39.1. The van der Waals surface area contributed by atoms with Gasteiger partial charge in [0.25, 0.3) is 5.91 Å². The molecule has 2 heterocycles. The molecule has 2 fully saturated rings. The van der Waals surface area contributed by atoms with Crippen LogP contribution in [0.2, 0.25) is 0 Å². The first kappa shape index (κ1) is 17.1. The molecule has 0 spiro atoms. The lowest BCUT2D eigenvalue weighted by Crippen LogP contribution is -2.31. The Labute approximate surface area is 145 Å². The van der Waals surface area contributed by atoms with Crippen molar-refractivity contribution in [1.29, 1.82) is 0 Å². The SMILES string of the molecule is COc1ccc(C(=O)N2C[C@@H](C)[C@H](C(=O)O)C2)cc1N1CCNC1=O. The van der Waals surface area contributed by atoms with E-state index in [1.54, 1.807) is 23.1 Å². The third-order valence-electron chi connectivity index (χ3n) is 4.79. The van der Waals surface area contributed by atoms with Crippen LogP contribution in [-0.4, -0.2) is 61.2 Å². The minimum Gasteiger partial charge on any atom is -0.495 e. The van der Waals surface area contributed by atoms with Gasteiger partial charge >= 0.3 is 12.0 Å². The van der Waals surface area contributed by atoms with Crippen LogP contribution in [0, 0.1) is 11.8 Å². The quantitative estimate of drug-likeness (QED) is 0.847. The van der Waals surface area contributed by atoms with Crippen LogP contribution in [0.1, 0.15) is 17.3 Å². The Morgan fingerprint density at radius 1 is 1.32 bits per heavy atom. The van der Waals surface area contributed by atoms with E-state index in [0.717, 1.165) is 0 Å². The fraction of sp³-hybridized carbons (Fsp3) is 0.471. The fourth-order valence-corrected chi connectivity index (χ4v) is 3.37. The zero-order valence-electron chi connectivity index (χ0n) is 14.2. The summed E-state index contributed by atoms with van der Waals surface area (Å²) >= 11 is 0. The van der Waals surface area contributed by atoms with E-state index >= 15 is 0 Å². The van der Waals surface area contributed by atoms with Crippen molar-refractivity contribution in [3.8, 4) is 5.75 Å². The van der Waals surface area contributed by atoms with Gasteiger partial charge in [-0.25, -0.2) is 4.79 Å². The Hall–Kier alpha value is -2.77. The lowest BCUT2D eigenvalue weighted by atomic mass is 9.99. The van der Waals surface area contributed by atoms with E-state index in [1.807, 2.05) is 6.92 Å². The lowest BCUT2D eigenvalue weighted by Gasteiger charge is -2.21. The number of benzene rings is 1. The molecule has 8 nitrogen and oxygen atoms in total. The fourth-order valence-electron chi connectivity index (χ4n) is 3.37. The van der Waals surface area contributed by atoms with Gasteiger partial charge in [-0.3, -0.25) is 14.5 Å². The molecule has 8 heteroatoms. The molecule has 2 N–H and O–H groups in total. The Bertz CT molecular complexity index is 720. The van der Waals surface area contributed by atoms with Crippen molar-refractivity contribution in [3.05, 3.63) is 23.8 Å². The van der Waals surface area contributed by atoms with Gasteiger partial charge in [-0.05, 0) is 24.1 Å². The maximum atomic E-state index is 12.8. The van der Waals surface area contributed by atoms with Crippen LogP contribution >= 0.6 is 0 Å². The third-order valence-corrected chi connectivity index (χ3v) is 4.79. The molecule has 134 valence electrons. The number of carbonyl (C=O) groups is 3. The maximum absolute atomic E-state index is 12.8. The number of nitrogens with zero attached hydrogens (tertiary/aromatic N) is 2. The highest BCUT2D eigenvalue weighted by Gasteiger charge is 2.37. The Balaban J connectivity index is 1.86. The summed E-state index contributed by atoms with van der Waals surface area (Å²) in [5, 5.41) is 12.0. The molecule has 0 aliphatic carbocycles. The van der Waals surface area contributed by atoms with Gasteiger partial charge in [0.1, 0.15) is 5.75 Å². The van der Waals surface area contributed by atoms with Crippen molar-refractivity contribution < 1.29 is 24.2 Å². The largest absolute Gasteiger partial charge is 0.495 e. The van der Waals surface area contributed by atoms with Crippen molar-refractivity contribution in [2.75, 3.05) is 38.2 Å². The van der Waals surface area contributed by atoms with E-state index < -0.39 is 11.9 Å². The minimum atomic E-state index is -0.882. The second-order valence-electron chi connectivity index (χ2n) is 6.40. The number of nitrogens with one attached hydrogen (secondary N) is 1. The molecule has 3 amide bonds. The first-order valence-electron chi connectivity index (χ1n) is 8.18. The third kappa shape index (κ3) is 3.11. The number of carbonyl (C=O) groups excluding carboxylic acids is 2. The predicted octanol–water partition coefficient (Wildman–Crippen LogP) is 1.02. The summed E-state index contributed by atoms with van der Waals surface area (Å²) in [6.45, 7) is 3.46. The molecule has 2 atom stereocenters. The molecule has 1 aromatic carbocycles. The number of hydrogen-bond donors (Lipinski definition) is 2. The van der Waals surface area contributed by atoms with Gasteiger partial charge < -0.3 is 20.1 Å². The van der Waals surface area contributed by atoms with Gasteiger partial charge in [-0.2, -0.15) is 0 Å². The number of methoxy groups -OCH3 is 1. The van der Waals surface area contributed by atoms with Crippen LogP contribution in [0.3, 0.4) is 0 Å². The Morgan fingerprint density at radius 3 is 2.64 bits per heavy atom. The number of hydrogen-bond acceptors (Lipinski definition) is 4. The number of carboxylic acids is 1. The molecule has 2 aliphatic rings. The number of aliphatic carboxylic acids is 1. The topological polar surface area (TPSA) is 99.2 Å². The van der Waals surface area contributed by atoms with Crippen LogP contribution in [0.15, 0.2) is 18.2 Å². The zero-order valence-corrected chi connectivity index (χ0v) is 14.2. The number of amides is 3. The van der Waals surface area contributed by atoms with Gasteiger partial charge in [-0.15, -0.1) is 0 Å². The van der Waals surface area contributed by atoms with Crippen LogP contribution < -0.4 is 15.0 Å². The van der Waals surface area contributed by atoms with Crippen LogP contribution in [-0.2, 0) is 4.79 Å². The number of rotatable bonds is 4. The molecule has 25 heavy (non-hydrogen) atoms. The summed E-state index contributed by atoms with van der Waals surface area (Å²) in [6.07, 6.45) is 0. The van der Waals surface area contributed by atoms with E-state index in [0.29, 0.717) is 36.6 Å². The highest BCUT2D eigenvalue weighted by Crippen LogP contribution is 2.32. The first-order valence-corrected chi connectivity index (χ1v) is 8.18. The monoisotopic (exact) mass is 347 g/mol. The van der Waals surface area contributed by atoms with Gasteiger partial charge in [0.2, 0.25) is 0 Å². The van der Waals surface area contributed by atoms with Crippen LogP contribution in [0.4, 0.5) is 10.5 Å². The van der Waals surface area contributed by atoms with E-state index in [-0.39, 0.29) is 24.4 Å². The van der Waals surface area contributed by atoms with Crippen molar-refractivity contribution >= 4 is 23.6 Å². The molecular weight excluding hydrogens is 326 g/mol. The van der Waals surface area contributed by atoms with Crippen molar-refractivity contribution in [3.63, 3.8) is 0 Å². The molecule has 1 aromatic rings. The Kier molecular flexibility index (Phi) is 4.52. The van der Waals surface area contributed by atoms with Gasteiger partial charge in [0.05, 0.1) is 18.7 Å². The number of anilines is 1. The Morgan fingerprint density at radius 2 is 2.08 bits per heavy atom. The average molecular weight is 347 g/mol. The number of likely N-dealkylation sites (tertiary alicyclic amines) is 1. The lowest BCUT2D eigenvalue weighted by molar-refractivity contribution is -0.142. The molecule has 0 bridgehead atoms. The highest BCUT2D eigenvalue weighted by atomic mass is 16.5. The summed E-state index contributed by atoms with van der Waals surface area (Å²) in [5.41, 5.74) is 0.944.